The summed E-state index contributed by atoms with van der Waals surface area (Å²) in [4.78, 5) is 18.1. The fraction of sp³-hybridized carbons (Fsp3) is 0.579. The van der Waals surface area contributed by atoms with Crippen LogP contribution < -0.4 is 5.73 Å². The predicted molar refractivity (Wildman–Crippen MR) is 106 cm³/mol. The summed E-state index contributed by atoms with van der Waals surface area (Å²) in [5.74, 6) is 0.136. The zero-order valence-electron chi connectivity index (χ0n) is 16.0. The maximum atomic E-state index is 14.9. The van der Waals surface area contributed by atoms with Crippen LogP contribution in [0.5, 0.6) is 0 Å². The number of carboxylic acid groups (broad SMARTS) is 1. The van der Waals surface area contributed by atoms with Crippen molar-refractivity contribution in [3.63, 3.8) is 0 Å². The summed E-state index contributed by atoms with van der Waals surface area (Å²) in [6, 6.07) is 4.50. The van der Waals surface area contributed by atoms with Crippen molar-refractivity contribution >= 4 is 28.7 Å². The van der Waals surface area contributed by atoms with Crippen molar-refractivity contribution in [2.75, 3.05) is 18.1 Å². The van der Waals surface area contributed by atoms with Gasteiger partial charge in [-0.2, -0.15) is 0 Å². The number of amides is 1. The van der Waals surface area contributed by atoms with Crippen LogP contribution in [0.2, 0.25) is 0 Å². The van der Waals surface area contributed by atoms with Gasteiger partial charge < -0.3 is 15.6 Å². The number of nitrogens with zero attached hydrogens (tertiary/aromatic N) is 2. The Kier molecular flexibility index (Phi) is 5.16. The predicted octanol–water partition coefficient (Wildman–Crippen LogP) is 3.91. The maximum Gasteiger partial charge on any atom is 0.413 e. The van der Waals surface area contributed by atoms with Crippen LogP contribution in [0.1, 0.15) is 39.7 Å². The van der Waals surface area contributed by atoms with Gasteiger partial charge in [0.2, 0.25) is 0 Å². The lowest BCUT2D eigenvalue weighted by Crippen LogP contribution is -2.55. The van der Waals surface area contributed by atoms with Crippen LogP contribution in [0.4, 0.5) is 14.9 Å². The number of carbonyl (C=O) groups is 1. The number of amidine groups is 1. The number of aliphatic imine (C=N–C) groups is 1. The van der Waals surface area contributed by atoms with Crippen molar-refractivity contribution in [2.24, 2.45) is 10.9 Å². The number of hydrogen-bond acceptors (Lipinski definition) is 5. The molecule has 2 aliphatic rings. The number of nitrogens with two attached hydrogens (primary N) is 1. The van der Waals surface area contributed by atoms with Crippen LogP contribution in [0.25, 0.3) is 0 Å². The van der Waals surface area contributed by atoms with Crippen LogP contribution >= 0.6 is 11.8 Å². The smallest absolute Gasteiger partial charge is 0.413 e. The Labute approximate surface area is 163 Å². The Morgan fingerprint density at radius 1 is 1.48 bits per heavy atom. The molecule has 8 heteroatoms. The second kappa shape index (κ2) is 6.98. The van der Waals surface area contributed by atoms with Crippen molar-refractivity contribution in [3.8, 4) is 0 Å². The van der Waals surface area contributed by atoms with Crippen molar-refractivity contribution in [2.45, 2.75) is 51.3 Å². The monoisotopic (exact) mass is 395 g/mol. The van der Waals surface area contributed by atoms with E-state index in [1.165, 1.54) is 28.8 Å². The molecule has 1 fully saturated rings. The van der Waals surface area contributed by atoms with E-state index in [2.05, 4.69) is 0 Å². The van der Waals surface area contributed by atoms with Crippen molar-refractivity contribution < 1.29 is 19.0 Å². The number of ether oxygens (including phenoxy) is 1. The molecule has 6 nitrogen and oxygen atoms in total. The molecule has 3 N–H and O–H groups in total. The first-order chi connectivity index (χ1) is 12.6. The van der Waals surface area contributed by atoms with Crippen LogP contribution in [0.3, 0.4) is 0 Å². The van der Waals surface area contributed by atoms with E-state index in [0.717, 1.165) is 0 Å². The quantitative estimate of drug-likeness (QED) is 0.704. The van der Waals surface area contributed by atoms with E-state index in [1.54, 1.807) is 6.07 Å². The minimum Gasteiger partial charge on any atom is -0.465 e. The minimum absolute atomic E-state index is 0.0769. The molecule has 3 atom stereocenters. The van der Waals surface area contributed by atoms with E-state index in [1.807, 2.05) is 27.7 Å². The maximum absolute atomic E-state index is 14.9. The van der Waals surface area contributed by atoms with Gasteiger partial charge in [0.05, 0.1) is 11.6 Å². The molecule has 1 saturated heterocycles. The largest absolute Gasteiger partial charge is 0.465 e. The van der Waals surface area contributed by atoms with E-state index in [9.17, 15) is 14.3 Å². The molecule has 27 heavy (non-hydrogen) atoms. The van der Waals surface area contributed by atoms with Gasteiger partial charge in [0.1, 0.15) is 5.82 Å². The summed E-state index contributed by atoms with van der Waals surface area (Å²) in [6.45, 7) is 7.84. The van der Waals surface area contributed by atoms with Crippen LogP contribution in [-0.4, -0.2) is 45.3 Å². The van der Waals surface area contributed by atoms with E-state index in [4.69, 9.17) is 15.5 Å². The molecule has 0 bridgehead atoms. The Bertz CT molecular complexity index is 780. The molecule has 1 amide bonds. The first-order valence-electron chi connectivity index (χ1n) is 8.99. The zero-order valence-corrected chi connectivity index (χ0v) is 16.8. The highest BCUT2D eigenvalue weighted by Gasteiger charge is 2.51. The van der Waals surface area contributed by atoms with Gasteiger partial charge >= 0.3 is 6.09 Å². The summed E-state index contributed by atoms with van der Waals surface area (Å²) >= 11 is 1.38. The van der Waals surface area contributed by atoms with Crippen molar-refractivity contribution in [1.82, 2.24) is 4.90 Å². The molecule has 0 aliphatic carbocycles. The van der Waals surface area contributed by atoms with Gasteiger partial charge in [-0.1, -0.05) is 11.8 Å². The molecule has 1 aromatic carbocycles. The lowest BCUT2D eigenvalue weighted by molar-refractivity contribution is -0.0518. The highest BCUT2D eigenvalue weighted by Crippen LogP contribution is 2.49. The molecule has 0 saturated carbocycles. The van der Waals surface area contributed by atoms with Crippen LogP contribution in [0, 0.1) is 11.7 Å². The Hall–Kier alpha value is -1.80. The molecule has 2 aliphatic heterocycles. The standard InChI is InChI=1S/C19H26FN3O3S/c1-11-14-10-27-16(23(17(24)25)18(2,3)4)22-19(14,7-8-26-11)13-9-12(21)5-6-15(13)20/h5-6,9,11,14H,7-8,10,21H2,1-4H3,(H,24,25)/t11-,14+,19-/m0/s1. The van der Waals surface area contributed by atoms with Crippen LogP contribution in [0.15, 0.2) is 23.2 Å². The molecule has 3 rings (SSSR count). The van der Waals surface area contributed by atoms with Gasteiger partial charge in [-0.25, -0.2) is 14.2 Å². The van der Waals surface area contributed by atoms with Gasteiger partial charge in [-0.3, -0.25) is 4.90 Å². The lowest BCUT2D eigenvalue weighted by atomic mass is 9.72. The van der Waals surface area contributed by atoms with Crippen molar-refractivity contribution in [1.29, 1.82) is 0 Å². The number of rotatable bonds is 1. The third kappa shape index (κ3) is 3.52. The molecule has 0 aromatic heterocycles. The Balaban J connectivity index is 2.21. The Morgan fingerprint density at radius 2 is 2.19 bits per heavy atom. The molecule has 0 radical (unpaired) electrons. The SMILES string of the molecule is C[C@@H]1OCC[C@@]2(c3cc(N)ccc3F)N=C(N(C(=O)O)C(C)(C)C)SC[C@H]12. The summed E-state index contributed by atoms with van der Waals surface area (Å²) in [5.41, 5.74) is 5.26. The normalized spacial score (nSPS) is 28.3. The average Bonchev–Trinajstić information content (AvgIpc) is 2.55. The third-order valence-corrected chi connectivity index (χ3v) is 6.30. The molecule has 0 unspecified atom stereocenters. The van der Waals surface area contributed by atoms with Gasteiger partial charge in [-0.15, -0.1) is 0 Å². The van der Waals surface area contributed by atoms with E-state index < -0.39 is 17.2 Å². The average molecular weight is 396 g/mol. The highest BCUT2D eigenvalue weighted by molar-refractivity contribution is 8.13. The number of halogens is 1. The minimum atomic E-state index is -1.07. The Morgan fingerprint density at radius 3 is 2.81 bits per heavy atom. The molecule has 1 aromatic rings. The number of benzene rings is 1. The fourth-order valence-electron chi connectivity index (χ4n) is 3.91. The summed E-state index contributed by atoms with van der Waals surface area (Å²) in [7, 11) is 0. The molecule has 0 spiro atoms. The highest BCUT2D eigenvalue weighted by atomic mass is 32.2. The molecular formula is C19H26FN3O3S. The number of hydrogen-bond donors (Lipinski definition) is 2. The second-order valence-corrected chi connectivity index (χ2v) is 9.08. The van der Waals surface area contributed by atoms with Crippen molar-refractivity contribution in [3.05, 3.63) is 29.6 Å². The number of anilines is 1. The summed E-state index contributed by atoms with van der Waals surface area (Å²) in [6.07, 6.45) is -0.717. The van der Waals surface area contributed by atoms with E-state index >= 15 is 0 Å². The molecule has 148 valence electrons. The number of fused-ring (bicyclic) bond motifs is 1. The second-order valence-electron chi connectivity index (χ2n) is 8.09. The van der Waals surface area contributed by atoms with Gasteiger partial charge in [-0.05, 0) is 45.9 Å². The van der Waals surface area contributed by atoms with Gasteiger partial charge in [0.25, 0.3) is 0 Å². The van der Waals surface area contributed by atoms with E-state index in [0.29, 0.717) is 35.2 Å². The zero-order chi connectivity index (χ0) is 20.0. The van der Waals surface area contributed by atoms with Crippen LogP contribution in [-0.2, 0) is 10.3 Å². The summed E-state index contributed by atoms with van der Waals surface area (Å²) in [5, 5.41) is 10.2. The first-order valence-corrected chi connectivity index (χ1v) is 9.98. The topological polar surface area (TPSA) is 88.2 Å². The third-order valence-electron chi connectivity index (χ3n) is 5.24. The summed E-state index contributed by atoms with van der Waals surface area (Å²) < 4.78 is 20.7. The first kappa shape index (κ1) is 19.9. The molecular weight excluding hydrogens is 369 g/mol. The fourth-order valence-corrected chi connectivity index (χ4v) is 5.49. The number of nitrogen functional groups attached to an aromatic ring is 1. The molecule has 2 heterocycles. The lowest BCUT2D eigenvalue weighted by Gasteiger charge is -2.49. The van der Waals surface area contributed by atoms with E-state index in [-0.39, 0.29) is 17.8 Å². The van der Waals surface area contributed by atoms with Gasteiger partial charge in [0, 0.05) is 41.5 Å². The number of thioether (sulfide) groups is 1. The van der Waals surface area contributed by atoms with Gasteiger partial charge in [0.15, 0.2) is 5.17 Å².